The molecule has 0 spiro atoms. The molecule has 0 saturated heterocycles. The zero-order valence-electron chi connectivity index (χ0n) is 15.5. The lowest BCUT2D eigenvalue weighted by Crippen LogP contribution is -2.37. The number of methoxy groups -OCH3 is 1. The van der Waals surface area contributed by atoms with Crippen LogP contribution in [-0.4, -0.2) is 24.0 Å². The van der Waals surface area contributed by atoms with E-state index in [-0.39, 0.29) is 24.3 Å². The Hall–Kier alpha value is -3.47. The van der Waals surface area contributed by atoms with Crippen molar-refractivity contribution >= 4 is 11.9 Å². The van der Waals surface area contributed by atoms with Gasteiger partial charge in [-0.25, -0.2) is 0 Å². The van der Waals surface area contributed by atoms with Gasteiger partial charge in [0.1, 0.15) is 0 Å². The van der Waals surface area contributed by atoms with Crippen molar-refractivity contribution in [2.24, 2.45) is 0 Å². The first-order chi connectivity index (χ1) is 13.7. The summed E-state index contributed by atoms with van der Waals surface area (Å²) in [6.45, 7) is 0. The van der Waals surface area contributed by atoms with Gasteiger partial charge in [-0.1, -0.05) is 60.7 Å². The van der Waals surface area contributed by atoms with Gasteiger partial charge in [0.05, 0.1) is 36.5 Å². The van der Waals surface area contributed by atoms with Gasteiger partial charge in [0, 0.05) is 12.0 Å². The van der Waals surface area contributed by atoms with Gasteiger partial charge >= 0.3 is 5.97 Å². The highest BCUT2D eigenvalue weighted by molar-refractivity contribution is 5.99. The third-order valence-electron chi connectivity index (χ3n) is 4.94. The van der Waals surface area contributed by atoms with E-state index in [2.05, 4.69) is 5.32 Å². The second kappa shape index (κ2) is 7.64. The minimum Gasteiger partial charge on any atom is -0.469 e. The monoisotopic (exact) mass is 372 g/mol. The summed E-state index contributed by atoms with van der Waals surface area (Å²) in [5.41, 5.74) is 4.55. The second-order valence-corrected chi connectivity index (χ2v) is 6.75. The van der Waals surface area contributed by atoms with Crippen LogP contribution in [0, 0.1) is 0 Å². The third kappa shape index (κ3) is 3.51. The number of aromatic nitrogens is 1. The fraction of sp³-hybridized carbons (Fsp3) is 0.174. The van der Waals surface area contributed by atoms with Crippen LogP contribution < -0.4 is 5.32 Å². The van der Waals surface area contributed by atoms with E-state index in [1.165, 1.54) is 7.11 Å². The number of nitrogens with zero attached hydrogens (tertiary/aromatic N) is 1. The molecule has 0 bridgehead atoms. The van der Waals surface area contributed by atoms with Crippen LogP contribution in [0.4, 0.5) is 0 Å². The highest BCUT2D eigenvalue weighted by Gasteiger charge is 2.30. The van der Waals surface area contributed by atoms with Crippen molar-refractivity contribution in [1.82, 2.24) is 10.3 Å². The Balaban J connectivity index is 1.81. The van der Waals surface area contributed by atoms with Crippen LogP contribution in [0.15, 0.2) is 66.7 Å². The molecule has 5 heteroatoms. The van der Waals surface area contributed by atoms with Crippen LogP contribution >= 0.6 is 0 Å². The molecule has 1 amide bonds. The maximum Gasteiger partial charge on any atom is 0.310 e. The maximum atomic E-state index is 12.9. The molecule has 2 heterocycles. The number of nitrogens with one attached hydrogen (secondary N) is 1. The molecule has 0 fully saturated rings. The highest BCUT2D eigenvalue weighted by atomic mass is 16.5. The maximum absolute atomic E-state index is 12.9. The van der Waals surface area contributed by atoms with E-state index >= 15 is 0 Å². The van der Waals surface area contributed by atoms with Gasteiger partial charge in [-0.3, -0.25) is 14.6 Å². The SMILES string of the molecule is COC(=O)Cc1cc(-c2ccccc2)nc2c1C(=O)N[C@@H](c1ccccc1)C2. The van der Waals surface area contributed by atoms with Crippen LogP contribution in [0.5, 0.6) is 0 Å². The number of amides is 1. The zero-order chi connectivity index (χ0) is 19.5. The Morgan fingerprint density at radius 2 is 1.79 bits per heavy atom. The van der Waals surface area contributed by atoms with Crippen molar-refractivity contribution in [2.45, 2.75) is 18.9 Å². The van der Waals surface area contributed by atoms with E-state index in [0.29, 0.717) is 23.2 Å². The van der Waals surface area contributed by atoms with Crippen molar-refractivity contribution in [3.63, 3.8) is 0 Å². The fourth-order valence-corrected chi connectivity index (χ4v) is 3.57. The van der Waals surface area contributed by atoms with Crippen molar-refractivity contribution in [3.05, 3.63) is 89.1 Å². The minimum atomic E-state index is -0.384. The number of fused-ring (bicyclic) bond motifs is 1. The van der Waals surface area contributed by atoms with Crippen LogP contribution in [0.25, 0.3) is 11.3 Å². The molecule has 1 aliphatic rings. The quantitative estimate of drug-likeness (QED) is 0.712. The molecule has 1 N–H and O–H groups in total. The Kier molecular flexibility index (Phi) is 4.89. The number of hydrogen-bond acceptors (Lipinski definition) is 4. The summed E-state index contributed by atoms with van der Waals surface area (Å²) >= 11 is 0. The number of pyridine rings is 1. The molecular formula is C23H20N2O3. The van der Waals surface area contributed by atoms with Gasteiger partial charge in [0.25, 0.3) is 5.91 Å². The fourth-order valence-electron chi connectivity index (χ4n) is 3.57. The minimum absolute atomic E-state index is 0.0324. The average Bonchev–Trinajstić information content (AvgIpc) is 2.74. The van der Waals surface area contributed by atoms with Crippen molar-refractivity contribution in [3.8, 4) is 11.3 Å². The molecule has 4 rings (SSSR count). The summed E-state index contributed by atoms with van der Waals surface area (Å²) in [4.78, 5) is 29.6. The van der Waals surface area contributed by atoms with Gasteiger partial charge in [-0.15, -0.1) is 0 Å². The molecule has 28 heavy (non-hydrogen) atoms. The van der Waals surface area contributed by atoms with Crippen LogP contribution in [0.2, 0.25) is 0 Å². The highest BCUT2D eigenvalue weighted by Crippen LogP contribution is 2.30. The summed E-state index contributed by atoms with van der Waals surface area (Å²) in [7, 11) is 1.35. The summed E-state index contributed by atoms with van der Waals surface area (Å²) in [6, 6.07) is 21.3. The van der Waals surface area contributed by atoms with E-state index in [0.717, 1.165) is 16.8 Å². The Morgan fingerprint density at radius 1 is 1.11 bits per heavy atom. The molecule has 1 aliphatic heterocycles. The van der Waals surface area contributed by atoms with Crippen molar-refractivity contribution in [1.29, 1.82) is 0 Å². The molecule has 2 aromatic carbocycles. The first-order valence-corrected chi connectivity index (χ1v) is 9.16. The first kappa shape index (κ1) is 17.9. The lowest BCUT2D eigenvalue weighted by Gasteiger charge is -2.27. The lowest BCUT2D eigenvalue weighted by atomic mass is 9.90. The number of benzene rings is 2. The number of carbonyl (C=O) groups excluding carboxylic acids is 2. The largest absolute Gasteiger partial charge is 0.469 e. The van der Waals surface area contributed by atoms with E-state index in [1.807, 2.05) is 66.7 Å². The molecule has 1 atom stereocenters. The number of carbonyl (C=O) groups is 2. The van der Waals surface area contributed by atoms with Crippen LogP contribution in [0.3, 0.4) is 0 Å². The predicted octanol–water partition coefficient (Wildman–Crippen LogP) is 3.49. The lowest BCUT2D eigenvalue weighted by molar-refractivity contribution is -0.139. The number of ether oxygens (including phenoxy) is 1. The molecular weight excluding hydrogens is 352 g/mol. The van der Waals surface area contributed by atoms with E-state index in [1.54, 1.807) is 0 Å². The summed E-state index contributed by atoms with van der Waals surface area (Å²) < 4.78 is 4.83. The molecule has 0 radical (unpaired) electrons. The molecule has 0 saturated carbocycles. The van der Waals surface area contributed by atoms with Gasteiger partial charge in [0.15, 0.2) is 0 Å². The molecule has 140 valence electrons. The second-order valence-electron chi connectivity index (χ2n) is 6.75. The Morgan fingerprint density at radius 3 is 2.46 bits per heavy atom. The van der Waals surface area contributed by atoms with Gasteiger partial charge < -0.3 is 10.1 Å². The predicted molar refractivity (Wildman–Crippen MR) is 106 cm³/mol. The Labute approximate surface area is 163 Å². The number of rotatable bonds is 4. The summed E-state index contributed by atoms with van der Waals surface area (Å²) in [5.74, 6) is -0.591. The van der Waals surface area contributed by atoms with Crippen molar-refractivity contribution in [2.75, 3.05) is 7.11 Å². The normalized spacial score (nSPS) is 15.5. The molecule has 5 nitrogen and oxygen atoms in total. The van der Waals surface area contributed by atoms with E-state index in [4.69, 9.17) is 9.72 Å². The van der Waals surface area contributed by atoms with E-state index < -0.39 is 0 Å². The zero-order valence-corrected chi connectivity index (χ0v) is 15.5. The average molecular weight is 372 g/mol. The van der Waals surface area contributed by atoms with Gasteiger partial charge in [-0.05, 0) is 17.2 Å². The van der Waals surface area contributed by atoms with Gasteiger partial charge in [0.2, 0.25) is 0 Å². The summed E-state index contributed by atoms with van der Waals surface area (Å²) in [6.07, 6.45) is 0.602. The Bertz CT molecular complexity index is 1020. The van der Waals surface area contributed by atoms with Gasteiger partial charge in [-0.2, -0.15) is 0 Å². The summed E-state index contributed by atoms with van der Waals surface area (Å²) in [5, 5.41) is 3.05. The standard InChI is InChI=1S/C23H20N2O3/c1-28-21(26)13-17-12-18(15-8-4-2-5-9-15)24-20-14-19(25-23(27)22(17)20)16-10-6-3-7-11-16/h2-12,19H,13-14H2,1H3,(H,25,27)/t19-/m1/s1. The topological polar surface area (TPSA) is 68.3 Å². The van der Waals surface area contributed by atoms with E-state index in [9.17, 15) is 9.59 Å². The van der Waals surface area contributed by atoms with Crippen LogP contribution in [0.1, 0.15) is 33.2 Å². The molecule has 0 aliphatic carbocycles. The van der Waals surface area contributed by atoms with Crippen LogP contribution in [-0.2, 0) is 22.4 Å². The third-order valence-corrected chi connectivity index (χ3v) is 4.94. The first-order valence-electron chi connectivity index (χ1n) is 9.16. The molecule has 1 aromatic heterocycles. The smallest absolute Gasteiger partial charge is 0.310 e. The van der Waals surface area contributed by atoms with Crippen molar-refractivity contribution < 1.29 is 14.3 Å². The number of esters is 1. The molecule has 0 unspecified atom stereocenters. The molecule has 3 aromatic rings. The number of hydrogen-bond donors (Lipinski definition) is 1.